The number of rotatable bonds is 52. The van der Waals surface area contributed by atoms with Crippen molar-refractivity contribution in [3.63, 3.8) is 0 Å². The molecule has 358 valence electrons. The standard InChI is InChI=1S/C55H108O5/c1-3-5-7-9-11-13-15-17-19-21-23-25-27-29-31-33-35-37-39-41-43-45-47-49-54(57)59-52-53(51-56)60-55(58)50-48-46-44-42-40-38-36-34-32-30-28-26-24-22-20-18-16-14-12-10-8-6-4-2/h53,56H,3-52H2,1-2H3. The van der Waals surface area contributed by atoms with Gasteiger partial charge in [-0.3, -0.25) is 9.59 Å². The molecule has 0 saturated heterocycles. The van der Waals surface area contributed by atoms with Gasteiger partial charge in [0.2, 0.25) is 0 Å². The van der Waals surface area contributed by atoms with E-state index in [0.29, 0.717) is 12.8 Å². The van der Waals surface area contributed by atoms with Crippen LogP contribution >= 0.6 is 0 Å². The minimum atomic E-state index is -0.764. The molecule has 0 aliphatic rings. The average molecular weight is 849 g/mol. The molecule has 1 N–H and O–H groups in total. The molecule has 0 aromatic carbocycles. The topological polar surface area (TPSA) is 72.8 Å². The summed E-state index contributed by atoms with van der Waals surface area (Å²) in [5.41, 5.74) is 0. The molecule has 0 aliphatic heterocycles. The lowest BCUT2D eigenvalue weighted by Crippen LogP contribution is -2.28. The van der Waals surface area contributed by atoms with E-state index in [2.05, 4.69) is 13.8 Å². The summed E-state index contributed by atoms with van der Waals surface area (Å²) in [5.74, 6) is -0.564. The number of hydrogen-bond donors (Lipinski definition) is 1. The van der Waals surface area contributed by atoms with E-state index in [0.717, 1.165) is 32.1 Å². The first-order valence-electron chi connectivity index (χ1n) is 27.6. The van der Waals surface area contributed by atoms with Crippen molar-refractivity contribution in [2.45, 2.75) is 328 Å². The van der Waals surface area contributed by atoms with E-state index in [1.807, 2.05) is 0 Å². The fourth-order valence-corrected chi connectivity index (χ4v) is 8.74. The summed E-state index contributed by atoms with van der Waals surface area (Å²) in [7, 11) is 0. The molecule has 0 heterocycles. The predicted molar refractivity (Wildman–Crippen MR) is 261 cm³/mol. The second-order valence-electron chi connectivity index (χ2n) is 19.0. The number of ether oxygens (including phenoxy) is 2. The van der Waals surface area contributed by atoms with E-state index in [4.69, 9.17) is 9.47 Å². The fraction of sp³-hybridized carbons (Fsp3) is 0.964. The van der Waals surface area contributed by atoms with E-state index in [1.165, 1.54) is 263 Å². The Morgan fingerprint density at radius 3 is 0.733 bits per heavy atom. The highest BCUT2D eigenvalue weighted by Gasteiger charge is 2.16. The number of aliphatic hydroxyl groups is 1. The molecule has 5 heteroatoms. The van der Waals surface area contributed by atoms with Crippen molar-refractivity contribution in [3.05, 3.63) is 0 Å². The predicted octanol–water partition coefficient (Wildman–Crippen LogP) is 18.2. The van der Waals surface area contributed by atoms with Gasteiger partial charge >= 0.3 is 11.9 Å². The highest BCUT2D eigenvalue weighted by atomic mass is 16.6. The summed E-state index contributed by atoms with van der Waals surface area (Å²) in [6.07, 6.45) is 62.2. The summed E-state index contributed by atoms with van der Waals surface area (Å²) in [6, 6.07) is 0. The van der Waals surface area contributed by atoms with Crippen molar-refractivity contribution in [1.29, 1.82) is 0 Å². The molecule has 0 aromatic rings. The van der Waals surface area contributed by atoms with Crippen molar-refractivity contribution in [3.8, 4) is 0 Å². The normalized spacial score (nSPS) is 12.0. The Morgan fingerprint density at radius 2 is 0.517 bits per heavy atom. The van der Waals surface area contributed by atoms with Crippen LogP contribution in [0.1, 0.15) is 322 Å². The van der Waals surface area contributed by atoms with Gasteiger partial charge in [-0.2, -0.15) is 0 Å². The molecule has 0 rings (SSSR count). The van der Waals surface area contributed by atoms with Gasteiger partial charge in [-0.15, -0.1) is 0 Å². The highest BCUT2D eigenvalue weighted by Crippen LogP contribution is 2.18. The molecule has 60 heavy (non-hydrogen) atoms. The maximum atomic E-state index is 12.3. The summed E-state index contributed by atoms with van der Waals surface area (Å²) in [6.45, 7) is 4.21. The van der Waals surface area contributed by atoms with Gasteiger partial charge in [-0.05, 0) is 12.8 Å². The number of carbonyl (C=O) groups excluding carboxylic acids is 2. The van der Waals surface area contributed by atoms with E-state index in [-0.39, 0.29) is 25.2 Å². The number of unbranched alkanes of at least 4 members (excludes halogenated alkanes) is 44. The van der Waals surface area contributed by atoms with Gasteiger partial charge in [0.05, 0.1) is 6.61 Å². The first kappa shape index (κ1) is 58.9. The molecule has 0 saturated carbocycles. The Morgan fingerprint density at radius 1 is 0.317 bits per heavy atom. The monoisotopic (exact) mass is 849 g/mol. The van der Waals surface area contributed by atoms with Crippen LogP contribution in [0.5, 0.6) is 0 Å². The van der Waals surface area contributed by atoms with Crippen LogP contribution < -0.4 is 0 Å². The zero-order chi connectivity index (χ0) is 43.5. The number of aliphatic hydroxyl groups excluding tert-OH is 1. The van der Waals surface area contributed by atoms with Gasteiger partial charge in [-0.25, -0.2) is 0 Å². The molecule has 0 spiro atoms. The Hall–Kier alpha value is -1.10. The third kappa shape index (κ3) is 49.6. The average Bonchev–Trinajstić information content (AvgIpc) is 3.25. The first-order valence-corrected chi connectivity index (χ1v) is 27.6. The van der Waals surface area contributed by atoms with E-state index in [9.17, 15) is 14.7 Å². The minimum absolute atomic E-state index is 0.0557. The lowest BCUT2D eigenvalue weighted by molar-refractivity contribution is -0.161. The Kier molecular flexibility index (Phi) is 51.3. The van der Waals surface area contributed by atoms with Crippen LogP contribution in [0.15, 0.2) is 0 Å². The van der Waals surface area contributed by atoms with Crippen LogP contribution in [0.3, 0.4) is 0 Å². The zero-order valence-electron chi connectivity index (χ0n) is 41.0. The maximum absolute atomic E-state index is 12.3. The molecule has 5 nitrogen and oxygen atoms in total. The zero-order valence-corrected chi connectivity index (χ0v) is 41.0. The van der Waals surface area contributed by atoms with Gasteiger partial charge in [-0.1, -0.05) is 296 Å². The van der Waals surface area contributed by atoms with Crippen LogP contribution in [-0.4, -0.2) is 36.4 Å². The SMILES string of the molecule is CCCCCCCCCCCCCCCCCCCCCCCCCC(=O)OCC(CO)OC(=O)CCCCCCCCCCCCCCCCCCCCCCCCC. The highest BCUT2D eigenvalue weighted by molar-refractivity contribution is 5.70. The fourth-order valence-electron chi connectivity index (χ4n) is 8.74. The van der Waals surface area contributed by atoms with Gasteiger partial charge in [0, 0.05) is 12.8 Å². The second-order valence-corrected chi connectivity index (χ2v) is 19.0. The molecule has 1 atom stereocenters. The van der Waals surface area contributed by atoms with Crippen LogP contribution in [0.4, 0.5) is 0 Å². The Balaban J connectivity index is 3.40. The number of hydrogen-bond acceptors (Lipinski definition) is 5. The molecule has 0 aromatic heterocycles. The van der Waals surface area contributed by atoms with E-state index < -0.39 is 6.10 Å². The lowest BCUT2D eigenvalue weighted by atomic mass is 10.0. The van der Waals surface area contributed by atoms with Crippen molar-refractivity contribution in [1.82, 2.24) is 0 Å². The molecule has 0 fully saturated rings. The molecule has 0 aliphatic carbocycles. The first-order chi connectivity index (χ1) is 29.6. The van der Waals surface area contributed by atoms with Crippen LogP contribution in [0, 0.1) is 0 Å². The van der Waals surface area contributed by atoms with Crippen LogP contribution in [0.25, 0.3) is 0 Å². The van der Waals surface area contributed by atoms with Crippen LogP contribution in [0.2, 0.25) is 0 Å². The van der Waals surface area contributed by atoms with Crippen molar-refractivity contribution in [2.24, 2.45) is 0 Å². The number of esters is 2. The summed E-state index contributed by atoms with van der Waals surface area (Å²) in [4.78, 5) is 24.5. The van der Waals surface area contributed by atoms with Gasteiger partial charge < -0.3 is 14.6 Å². The molecular formula is C55H108O5. The molecule has 0 bridgehead atoms. The number of carbonyl (C=O) groups is 2. The van der Waals surface area contributed by atoms with E-state index >= 15 is 0 Å². The maximum Gasteiger partial charge on any atom is 0.306 e. The van der Waals surface area contributed by atoms with Gasteiger partial charge in [0.25, 0.3) is 0 Å². The smallest absolute Gasteiger partial charge is 0.306 e. The van der Waals surface area contributed by atoms with Crippen molar-refractivity contribution in [2.75, 3.05) is 13.2 Å². The van der Waals surface area contributed by atoms with Gasteiger partial charge in [0.15, 0.2) is 6.10 Å². The third-order valence-corrected chi connectivity index (χ3v) is 12.9. The largest absolute Gasteiger partial charge is 0.462 e. The van der Waals surface area contributed by atoms with Crippen molar-refractivity contribution >= 4 is 11.9 Å². The molecular weight excluding hydrogens is 741 g/mol. The van der Waals surface area contributed by atoms with Crippen molar-refractivity contribution < 1.29 is 24.2 Å². The molecule has 0 amide bonds. The van der Waals surface area contributed by atoms with E-state index in [1.54, 1.807) is 0 Å². The lowest BCUT2D eigenvalue weighted by Gasteiger charge is -2.15. The summed E-state index contributed by atoms with van der Waals surface area (Å²) in [5, 5.41) is 9.64. The van der Waals surface area contributed by atoms with Crippen LogP contribution in [-0.2, 0) is 19.1 Å². The third-order valence-electron chi connectivity index (χ3n) is 12.9. The minimum Gasteiger partial charge on any atom is -0.462 e. The van der Waals surface area contributed by atoms with Gasteiger partial charge in [0.1, 0.15) is 6.61 Å². The summed E-state index contributed by atoms with van der Waals surface area (Å²) >= 11 is 0. The quantitative estimate of drug-likeness (QED) is 0.0488. The second kappa shape index (κ2) is 52.2. The Labute approximate surface area is 376 Å². The summed E-state index contributed by atoms with van der Waals surface area (Å²) < 4.78 is 10.7. The Bertz CT molecular complexity index is 830. The molecule has 1 unspecified atom stereocenters. The molecule has 0 radical (unpaired) electrons.